The van der Waals surface area contributed by atoms with E-state index in [1.807, 2.05) is 0 Å². The lowest BCUT2D eigenvalue weighted by Crippen LogP contribution is -2.22. The second-order valence-electron chi connectivity index (χ2n) is 3.31. The summed E-state index contributed by atoms with van der Waals surface area (Å²) in [7, 11) is 3.38. The molecule has 0 bridgehead atoms. The average Bonchev–Trinajstić information content (AvgIpc) is 2.31. The van der Waals surface area contributed by atoms with Crippen LogP contribution in [-0.4, -0.2) is 67.0 Å². The van der Waals surface area contributed by atoms with Crippen molar-refractivity contribution < 1.29 is 18.9 Å². The molecule has 0 rings (SSSR count). The van der Waals surface area contributed by atoms with Gasteiger partial charge in [0.1, 0.15) is 0 Å². The van der Waals surface area contributed by atoms with Crippen molar-refractivity contribution in [1.29, 1.82) is 0 Å². The zero-order chi connectivity index (χ0) is 11.9. The van der Waals surface area contributed by atoms with E-state index in [2.05, 4.69) is 5.32 Å². The molecule has 0 aromatic heterocycles. The molecule has 0 fully saturated rings. The molecule has 0 aliphatic heterocycles. The summed E-state index contributed by atoms with van der Waals surface area (Å²) in [5.41, 5.74) is 0. The predicted molar refractivity (Wildman–Crippen MR) is 62.9 cm³/mol. The highest BCUT2D eigenvalue weighted by atomic mass is 16.5. The molecule has 0 unspecified atom stereocenters. The SMILES string of the molecule is COCCCNCCOCCOCCOC. The van der Waals surface area contributed by atoms with Gasteiger partial charge in [0.05, 0.1) is 33.0 Å². The van der Waals surface area contributed by atoms with Gasteiger partial charge in [-0.15, -0.1) is 0 Å². The third-order valence-corrected chi connectivity index (χ3v) is 1.93. The van der Waals surface area contributed by atoms with Crippen LogP contribution in [0, 0.1) is 0 Å². The minimum absolute atomic E-state index is 0.632. The fourth-order valence-corrected chi connectivity index (χ4v) is 1.08. The minimum Gasteiger partial charge on any atom is -0.385 e. The van der Waals surface area contributed by atoms with Crippen LogP contribution in [0.15, 0.2) is 0 Å². The van der Waals surface area contributed by atoms with Crippen molar-refractivity contribution in [2.24, 2.45) is 0 Å². The van der Waals surface area contributed by atoms with E-state index >= 15 is 0 Å². The Bertz CT molecular complexity index is 111. The molecule has 5 heteroatoms. The Morgan fingerprint density at radius 3 is 2.00 bits per heavy atom. The number of hydrogen-bond donors (Lipinski definition) is 1. The largest absolute Gasteiger partial charge is 0.385 e. The third kappa shape index (κ3) is 13.8. The van der Waals surface area contributed by atoms with Crippen LogP contribution in [0.25, 0.3) is 0 Å². The fraction of sp³-hybridized carbons (Fsp3) is 1.00. The first-order chi connectivity index (χ1) is 7.91. The summed E-state index contributed by atoms with van der Waals surface area (Å²) in [4.78, 5) is 0. The van der Waals surface area contributed by atoms with Crippen molar-refractivity contribution in [2.75, 3.05) is 67.0 Å². The van der Waals surface area contributed by atoms with Crippen LogP contribution in [0.2, 0.25) is 0 Å². The van der Waals surface area contributed by atoms with E-state index in [4.69, 9.17) is 18.9 Å². The Hall–Kier alpha value is -0.200. The van der Waals surface area contributed by atoms with Crippen LogP contribution in [-0.2, 0) is 18.9 Å². The summed E-state index contributed by atoms with van der Waals surface area (Å²) in [6, 6.07) is 0. The third-order valence-electron chi connectivity index (χ3n) is 1.93. The molecule has 0 spiro atoms. The van der Waals surface area contributed by atoms with Gasteiger partial charge in [0.25, 0.3) is 0 Å². The minimum atomic E-state index is 0.632. The van der Waals surface area contributed by atoms with Gasteiger partial charge in [-0.1, -0.05) is 0 Å². The topological polar surface area (TPSA) is 49.0 Å². The number of nitrogens with one attached hydrogen (secondary N) is 1. The highest BCUT2D eigenvalue weighted by molar-refractivity contribution is 4.46. The number of hydrogen-bond acceptors (Lipinski definition) is 5. The Morgan fingerprint density at radius 1 is 0.688 bits per heavy atom. The number of methoxy groups -OCH3 is 2. The number of ether oxygens (including phenoxy) is 4. The molecule has 1 N–H and O–H groups in total. The van der Waals surface area contributed by atoms with E-state index in [9.17, 15) is 0 Å². The molecule has 0 heterocycles. The van der Waals surface area contributed by atoms with Gasteiger partial charge < -0.3 is 24.3 Å². The lowest BCUT2D eigenvalue weighted by Gasteiger charge is -2.06. The summed E-state index contributed by atoms with van der Waals surface area (Å²) in [5, 5.41) is 3.27. The molecule has 16 heavy (non-hydrogen) atoms. The monoisotopic (exact) mass is 235 g/mol. The first-order valence-corrected chi connectivity index (χ1v) is 5.76. The zero-order valence-corrected chi connectivity index (χ0v) is 10.5. The van der Waals surface area contributed by atoms with Gasteiger partial charge in [0, 0.05) is 27.4 Å². The molecule has 0 aromatic carbocycles. The molecule has 0 saturated heterocycles. The van der Waals surface area contributed by atoms with Crippen molar-refractivity contribution >= 4 is 0 Å². The fourth-order valence-electron chi connectivity index (χ4n) is 1.08. The lowest BCUT2D eigenvalue weighted by atomic mass is 10.4. The van der Waals surface area contributed by atoms with Crippen molar-refractivity contribution in [2.45, 2.75) is 6.42 Å². The van der Waals surface area contributed by atoms with E-state index in [1.54, 1.807) is 14.2 Å². The molecular weight excluding hydrogens is 210 g/mol. The first kappa shape index (κ1) is 15.8. The maximum atomic E-state index is 5.36. The molecule has 0 atom stereocenters. The standard InChI is InChI=1S/C11H25NO4/c1-13-6-3-4-12-5-7-15-10-11-16-9-8-14-2/h12H,3-11H2,1-2H3. The Balaban J connectivity index is 2.83. The molecule has 98 valence electrons. The summed E-state index contributed by atoms with van der Waals surface area (Å²) >= 11 is 0. The van der Waals surface area contributed by atoms with Gasteiger partial charge in [-0.05, 0) is 13.0 Å². The Labute approximate surface area is 98.4 Å². The molecule has 0 aromatic rings. The van der Waals surface area contributed by atoms with E-state index in [-0.39, 0.29) is 0 Å². The second kappa shape index (κ2) is 14.8. The van der Waals surface area contributed by atoms with Gasteiger partial charge in [-0.3, -0.25) is 0 Å². The quantitative estimate of drug-likeness (QED) is 0.465. The van der Waals surface area contributed by atoms with Gasteiger partial charge in [-0.25, -0.2) is 0 Å². The zero-order valence-electron chi connectivity index (χ0n) is 10.5. The van der Waals surface area contributed by atoms with Crippen LogP contribution in [0.5, 0.6) is 0 Å². The first-order valence-electron chi connectivity index (χ1n) is 5.76. The summed E-state index contributed by atoms with van der Waals surface area (Å²) in [5.74, 6) is 0. The van der Waals surface area contributed by atoms with Crippen LogP contribution in [0.3, 0.4) is 0 Å². The van der Waals surface area contributed by atoms with Crippen LogP contribution in [0.1, 0.15) is 6.42 Å². The van der Waals surface area contributed by atoms with Crippen molar-refractivity contribution in [3.8, 4) is 0 Å². The smallest absolute Gasteiger partial charge is 0.0701 e. The molecule has 0 radical (unpaired) electrons. The predicted octanol–water partition coefficient (Wildman–Crippen LogP) is 0.292. The Morgan fingerprint density at radius 2 is 1.31 bits per heavy atom. The number of rotatable bonds is 13. The van der Waals surface area contributed by atoms with E-state index in [1.165, 1.54) is 0 Å². The maximum Gasteiger partial charge on any atom is 0.0701 e. The molecule has 0 aliphatic carbocycles. The highest BCUT2D eigenvalue weighted by Gasteiger charge is 1.91. The van der Waals surface area contributed by atoms with Gasteiger partial charge in [-0.2, -0.15) is 0 Å². The normalized spacial score (nSPS) is 10.9. The van der Waals surface area contributed by atoms with Gasteiger partial charge >= 0.3 is 0 Å². The average molecular weight is 235 g/mol. The highest BCUT2D eigenvalue weighted by Crippen LogP contribution is 1.80. The van der Waals surface area contributed by atoms with E-state index in [0.29, 0.717) is 26.4 Å². The Kier molecular flexibility index (Phi) is 14.6. The molecule has 0 aliphatic rings. The van der Waals surface area contributed by atoms with E-state index < -0.39 is 0 Å². The van der Waals surface area contributed by atoms with Crippen molar-refractivity contribution in [3.05, 3.63) is 0 Å². The summed E-state index contributed by atoms with van der Waals surface area (Å²) < 4.78 is 20.4. The van der Waals surface area contributed by atoms with Crippen LogP contribution >= 0.6 is 0 Å². The van der Waals surface area contributed by atoms with Gasteiger partial charge in [0.15, 0.2) is 0 Å². The maximum absolute atomic E-state index is 5.36. The molecule has 5 nitrogen and oxygen atoms in total. The summed E-state index contributed by atoms with van der Waals surface area (Å²) in [6.07, 6.45) is 1.04. The van der Waals surface area contributed by atoms with Crippen molar-refractivity contribution in [1.82, 2.24) is 5.32 Å². The summed E-state index contributed by atoms with van der Waals surface area (Å²) in [6.45, 7) is 5.93. The molecule has 0 saturated carbocycles. The van der Waals surface area contributed by atoms with Crippen LogP contribution < -0.4 is 5.32 Å². The molecular formula is C11H25NO4. The van der Waals surface area contributed by atoms with Crippen molar-refractivity contribution in [3.63, 3.8) is 0 Å². The molecule has 0 amide bonds. The van der Waals surface area contributed by atoms with Gasteiger partial charge in [0.2, 0.25) is 0 Å². The lowest BCUT2D eigenvalue weighted by molar-refractivity contribution is 0.0255. The van der Waals surface area contributed by atoms with E-state index in [0.717, 1.165) is 32.7 Å². The second-order valence-corrected chi connectivity index (χ2v) is 3.31. The van der Waals surface area contributed by atoms with Crippen LogP contribution in [0.4, 0.5) is 0 Å².